The number of hydrogen-bond donors (Lipinski definition) is 0. The van der Waals surface area contributed by atoms with Gasteiger partial charge in [-0.25, -0.2) is 0 Å². The van der Waals surface area contributed by atoms with E-state index in [1.54, 1.807) is 18.2 Å². The summed E-state index contributed by atoms with van der Waals surface area (Å²) < 4.78 is 0.927. The molecule has 1 heterocycles. The van der Waals surface area contributed by atoms with Crippen LogP contribution in [0.5, 0.6) is 0 Å². The first-order chi connectivity index (χ1) is 11.9. The number of carbonyl (C=O) groups is 2. The molecule has 0 N–H and O–H groups in total. The van der Waals surface area contributed by atoms with E-state index >= 15 is 0 Å². The van der Waals surface area contributed by atoms with Crippen molar-refractivity contribution in [2.24, 2.45) is 0 Å². The fraction of sp³-hybridized carbons (Fsp3) is 0.0588. The quantitative estimate of drug-likeness (QED) is 0.411. The van der Waals surface area contributed by atoms with Crippen molar-refractivity contribution in [2.45, 2.75) is 6.54 Å². The smallest absolute Gasteiger partial charge is 0.268 e. The third-order valence-corrected chi connectivity index (χ3v) is 4.97. The largest absolute Gasteiger partial charge is 0.293 e. The van der Waals surface area contributed by atoms with Crippen LogP contribution in [0.3, 0.4) is 0 Å². The molecule has 0 spiro atoms. The molecule has 0 saturated carbocycles. The average molecular weight is 419 g/mol. The van der Waals surface area contributed by atoms with Gasteiger partial charge in [0.25, 0.3) is 16.8 Å². The van der Waals surface area contributed by atoms with E-state index in [0.29, 0.717) is 10.5 Å². The van der Waals surface area contributed by atoms with Gasteiger partial charge in [-0.05, 0) is 41.1 Å². The fourth-order valence-corrected chi connectivity index (χ4v) is 3.35. The number of non-ortho nitro benzene ring substituents is 1. The van der Waals surface area contributed by atoms with E-state index in [1.807, 2.05) is 24.3 Å². The van der Waals surface area contributed by atoms with Crippen LogP contribution in [-0.4, -0.2) is 21.0 Å². The normalized spacial score (nSPS) is 15.9. The van der Waals surface area contributed by atoms with Crippen LogP contribution in [0.25, 0.3) is 6.08 Å². The van der Waals surface area contributed by atoms with Gasteiger partial charge in [-0.2, -0.15) is 0 Å². The summed E-state index contributed by atoms with van der Waals surface area (Å²) in [6, 6.07) is 13.2. The number of nitro groups is 1. The summed E-state index contributed by atoms with van der Waals surface area (Å²) >= 11 is 4.23. The first-order valence-electron chi connectivity index (χ1n) is 7.18. The monoisotopic (exact) mass is 418 g/mol. The SMILES string of the molecule is O=C1S/C(=C/c2ccc(Br)cc2)C(=O)N1Cc1ccc([N+](=O)[O-])cc1. The van der Waals surface area contributed by atoms with Gasteiger partial charge in [0, 0.05) is 16.6 Å². The van der Waals surface area contributed by atoms with Crippen LogP contribution < -0.4 is 0 Å². The molecule has 3 rings (SSSR count). The Hall–Kier alpha value is -2.45. The van der Waals surface area contributed by atoms with Gasteiger partial charge >= 0.3 is 0 Å². The van der Waals surface area contributed by atoms with E-state index in [-0.39, 0.29) is 23.4 Å². The molecule has 0 aromatic heterocycles. The molecular weight excluding hydrogens is 408 g/mol. The van der Waals surface area contributed by atoms with Gasteiger partial charge in [0.05, 0.1) is 16.4 Å². The van der Waals surface area contributed by atoms with E-state index in [4.69, 9.17) is 0 Å². The molecule has 2 amide bonds. The Labute approximate surface area is 155 Å². The maximum absolute atomic E-state index is 12.5. The Morgan fingerprint density at radius 1 is 1.08 bits per heavy atom. The maximum Gasteiger partial charge on any atom is 0.293 e. The van der Waals surface area contributed by atoms with Crippen molar-refractivity contribution in [1.29, 1.82) is 0 Å². The fourth-order valence-electron chi connectivity index (χ4n) is 2.25. The molecule has 8 heteroatoms. The van der Waals surface area contributed by atoms with E-state index in [2.05, 4.69) is 15.9 Å². The Bertz CT molecular complexity index is 879. The highest BCUT2D eigenvalue weighted by Gasteiger charge is 2.35. The van der Waals surface area contributed by atoms with Crippen LogP contribution in [0, 0.1) is 10.1 Å². The molecule has 1 aliphatic heterocycles. The molecule has 1 fully saturated rings. The molecule has 1 aliphatic rings. The third kappa shape index (κ3) is 3.97. The number of amides is 2. The standard InChI is InChI=1S/C17H11BrN2O4S/c18-13-5-1-11(2-6-13)9-15-16(21)19(17(22)25-15)10-12-3-7-14(8-4-12)20(23)24/h1-9H,10H2/b15-9+. The molecule has 0 bridgehead atoms. The number of benzene rings is 2. The van der Waals surface area contributed by atoms with Crippen LogP contribution in [-0.2, 0) is 11.3 Å². The number of hydrogen-bond acceptors (Lipinski definition) is 5. The number of halogens is 1. The highest BCUT2D eigenvalue weighted by molar-refractivity contribution is 9.10. The van der Waals surface area contributed by atoms with Crippen molar-refractivity contribution in [1.82, 2.24) is 4.90 Å². The van der Waals surface area contributed by atoms with Crippen molar-refractivity contribution in [2.75, 3.05) is 0 Å². The Morgan fingerprint density at radius 2 is 1.72 bits per heavy atom. The highest BCUT2D eigenvalue weighted by Crippen LogP contribution is 2.33. The number of rotatable bonds is 4. The van der Waals surface area contributed by atoms with Gasteiger partial charge in [-0.15, -0.1) is 0 Å². The zero-order valence-corrected chi connectivity index (χ0v) is 15.1. The summed E-state index contributed by atoms with van der Waals surface area (Å²) in [5, 5.41) is 10.3. The topological polar surface area (TPSA) is 80.5 Å². The molecule has 1 saturated heterocycles. The molecule has 0 atom stereocenters. The molecule has 25 heavy (non-hydrogen) atoms. The molecule has 0 aliphatic carbocycles. The van der Waals surface area contributed by atoms with Gasteiger partial charge in [0.2, 0.25) is 0 Å². The maximum atomic E-state index is 12.5. The molecule has 0 unspecified atom stereocenters. The lowest BCUT2D eigenvalue weighted by Crippen LogP contribution is -2.27. The van der Waals surface area contributed by atoms with Gasteiger partial charge in [0.15, 0.2) is 0 Å². The minimum Gasteiger partial charge on any atom is -0.268 e. The minimum absolute atomic E-state index is 0.0342. The van der Waals surface area contributed by atoms with Gasteiger partial charge in [0.1, 0.15) is 0 Å². The van der Waals surface area contributed by atoms with E-state index in [0.717, 1.165) is 26.7 Å². The number of nitrogens with zero attached hydrogens (tertiary/aromatic N) is 2. The van der Waals surface area contributed by atoms with Crippen molar-refractivity contribution in [3.05, 3.63) is 79.2 Å². The third-order valence-electron chi connectivity index (χ3n) is 3.53. The zero-order valence-electron chi connectivity index (χ0n) is 12.7. The number of thioether (sulfide) groups is 1. The average Bonchev–Trinajstić information content (AvgIpc) is 2.85. The number of nitro benzene ring substituents is 1. The van der Waals surface area contributed by atoms with E-state index in [1.165, 1.54) is 12.1 Å². The summed E-state index contributed by atoms with van der Waals surface area (Å²) in [5.74, 6) is -0.365. The predicted octanol–water partition coefficient (Wildman–Crippen LogP) is 4.59. The lowest BCUT2D eigenvalue weighted by Gasteiger charge is -2.12. The second kappa shape index (κ2) is 7.20. The summed E-state index contributed by atoms with van der Waals surface area (Å²) in [7, 11) is 0. The van der Waals surface area contributed by atoms with Crippen LogP contribution in [0.15, 0.2) is 57.9 Å². The summed E-state index contributed by atoms with van der Waals surface area (Å²) in [4.78, 5) is 36.3. The van der Waals surface area contributed by atoms with E-state index in [9.17, 15) is 19.7 Å². The lowest BCUT2D eigenvalue weighted by atomic mass is 10.2. The Kier molecular flexibility index (Phi) is 5.00. The molecule has 2 aromatic rings. The van der Waals surface area contributed by atoms with Crippen molar-refractivity contribution in [3.8, 4) is 0 Å². The molecule has 126 valence electrons. The number of carbonyl (C=O) groups excluding carboxylic acids is 2. The second-order valence-corrected chi connectivity index (χ2v) is 7.15. The second-order valence-electron chi connectivity index (χ2n) is 5.24. The van der Waals surface area contributed by atoms with Crippen LogP contribution in [0.4, 0.5) is 10.5 Å². The van der Waals surface area contributed by atoms with Gasteiger partial charge in [-0.1, -0.05) is 40.2 Å². The predicted molar refractivity (Wildman–Crippen MR) is 98.8 cm³/mol. The molecule has 2 aromatic carbocycles. The zero-order chi connectivity index (χ0) is 18.0. The van der Waals surface area contributed by atoms with Crippen LogP contribution in [0.2, 0.25) is 0 Å². The van der Waals surface area contributed by atoms with Gasteiger partial charge in [-0.3, -0.25) is 24.6 Å². The highest BCUT2D eigenvalue weighted by atomic mass is 79.9. The minimum atomic E-state index is -0.495. The van der Waals surface area contributed by atoms with Crippen LogP contribution >= 0.6 is 27.7 Å². The lowest BCUT2D eigenvalue weighted by molar-refractivity contribution is -0.384. The van der Waals surface area contributed by atoms with Crippen molar-refractivity contribution < 1.29 is 14.5 Å². The molecule has 6 nitrogen and oxygen atoms in total. The van der Waals surface area contributed by atoms with Crippen molar-refractivity contribution in [3.63, 3.8) is 0 Å². The first-order valence-corrected chi connectivity index (χ1v) is 8.79. The van der Waals surface area contributed by atoms with Crippen LogP contribution in [0.1, 0.15) is 11.1 Å². The van der Waals surface area contributed by atoms with Crippen molar-refractivity contribution >= 4 is 50.6 Å². The first kappa shape index (κ1) is 17.4. The summed E-state index contributed by atoms with van der Waals surface area (Å²) in [6.45, 7) is 0.0837. The molecule has 0 radical (unpaired) electrons. The van der Waals surface area contributed by atoms with E-state index < -0.39 is 4.92 Å². The summed E-state index contributed by atoms with van der Waals surface area (Å²) in [6.07, 6.45) is 1.67. The Balaban J connectivity index is 1.77. The summed E-state index contributed by atoms with van der Waals surface area (Å²) in [5.41, 5.74) is 1.44. The molecular formula is C17H11BrN2O4S. The number of imide groups is 1. The Morgan fingerprint density at radius 3 is 2.32 bits per heavy atom. The van der Waals surface area contributed by atoms with Gasteiger partial charge < -0.3 is 0 Å².